The van der Waals surface area contributed by atoms with Gasteiger partial charge in [-0.15, -0.1) is 0 Å². The molecular formula is C13H24. The monoisotopic (exact) mass is 180 g/mol. The molecule has 0 aromatic carbocycles. The van der Waals surface area contributed by atoms with Crippen molar-refractivity contribution in [3.63, 3.8) is 0 Å². The number of hydrogen-bond acceptors (Lipinski definition) is 0. The molecule has 0 heterocycles. The van der Waals surface area contributed by atoms with Crippen LogP contribution in [0.5, 0.6) is 0 Å². The minimum absolute atomic E-state index is 1.32. The SMILES string of the molecule is C1=CCCCCC1.C1CCCCC1. The molecule has 76 valence electrons. The smallest absolute Gasteiger partial charge is 0.0351 e. The van der Waals surface area contributed by atoms with Gasteiger partial charge in [-0.1, -0.05) is 57.1 Å². The van der Waals surface area contributed by atoms with Crippen molar-refractivity contribution in [2.24, 2.45) is 0 Å². The van der Waals surface area contributed by atoms with Gasteiger partial charge in [0.2, 0.25) is 0 Å². The van der Waals surface area contributed by atoms with Crippen molar-refractivity contribution in [2.45, 2.75) is 70.6 Å². The molecule has 0 heteroatoms. The Morgan fingerprint density at radius 3 is 1.08 bits per heavy atom. The van der Waals surface area contributed by atoms with Gasteiger partial charge in [0, 0.05) is 0 Å². The van der Waals surface area contributed by atoms with E-state index >= 15 is 0 Å². The van der Waals surface area contributed by atoms with Gasteiger partial charge in [0.25, 0.3) is 0 Å². The maximum Gasteiger partial charge on any atom is -0.0351 e. The Morgan fingerprint density at radius 2 is 0.692 bits per heavy atom. The zero-order valence-corrected chi connectivity index (χ0v) is 8.93. The minimum Gasteiger partial charge on any atom is -0.0885 e. The van der Waals surface area contributed by atoms with E-state index in [1.807, 2.05) is 0 Å². The van der Waals surface area contributed by atoms with Crippen LogP contribution >= 0.6 is 0 Å². The van der Waals surface area contributed by atoms with Gasteiger partial charge in [0.1, 0.15) is 0 Å². The molecule has 1 saturated carbocycles. The lowest BCUT2D eigenvalue weighted by atomic mass is 10.0. The Labute approximate surface area is 83.4 Å². The van der Waals surface area contributed by atoms with Crippen molar-refractivity contribution < 1.29 is 0 Å². The number of allylic oxidation sites excluding steroid dienone is 2. The summed E-state index contributed by atoms with van der Waals surface area (Å²) in [6.45, 7) is 0. The van der Waals surface area contributed by atoms with Gasteiger partial charge in [0.15, 0.2) is 0 Å². The molecule has 0 aliphatic heterocycles. The molecule has 0 nitrogen and oxygen atoms in total. The van der Waals surface area contributed by atoms with E-state index in [1.165, 1.54) is 70.6 Å². The highest BCUT2D eigenvalue weighted by Gasteiger charge is 1.95. The van der Waals surface area contributed by atoms with Crippen LogP contribution in [0.4, 0.5) is 0 Å². The third-order valence-electron chi connectivity index (χ3n) is 2.91. The van der Waals surface area contributed by atoms with Gasteiger partial charge in [-0.05, 0) is 25.7 Å². The molecule has 0 saturated heterocycles. The van der Waals surface area contributed by atoms with Gasteiger partial charge < -0.3 is 0 Å². The summed E-state index contributed by atoms with van der Waals surface area (Å²) in [5, 5.41) is 0. The van der Waals surface area contributed by atoms with E-state index in [2.05, 4.69) is 12.2 Å². The summed E-state index contributed by atoms with van der Waals surface area (Å²) in [5.41, 5.74) is 0. The van der Waals surface area contributed by atoms with Crippen molar-refractivity contribution >= 4 is 0 Å². The fraction of sp³-hybridized carbons (Fsp3) is 0.846. The fourth-order valence-electron chi connectivity index (χ4n) is 2.00. The van der Waals surface area contributed by atoms with E-state index < -0.39 is 0 Å². The highest BCUT2D eigenvalue weighted by molar-refractivity contribution is 4.83. The molecule has 0 spiro atoms. The van der Waals surface area contributed by atoms with E-state index in [9.17, 15) is 0 Å². The Bertz CT molecular complexity index is 100. The van der Waals surface area contributed by atoms with Crippen molar-refractivity contribution in [3.8, 4) is 0 Å². The van der Waals surface area contributed by atoms with Gasteiger partial charge >= 0.3 is 0 Å². The fourth-order valence-corrected chi connectivity index (χ4v) is 2.00. The highest BCUT2D eigenvalue weighted by Crippen LogP contribution is 2.15. The first kappa shape index (κ1) is 10.8. The Morgan fingerprint density at radius 1 is 0.385 bits per heavy atom. The lowest BCUT2D eigenvalue weighted by molar-refractivity contribution is 0.504. The molecular weight excluding hydrogens is 156 g/mol. The van der Waals surface area contributed by atoms with Gasteiger partial charge in [0.05, 0.1) is 0 Å². The molecule has 0 bridgehead atoms. The van der Waals surface area contributed by atoms with Crippen LogP contribution in [0.15, 0.2) is 12.2 Å². The van der Waals surface area contributed by atoms with E-state index in [4.69, 9.17) is 0 Å². The van der Waals surface area contributed by atoms with Crippen LogP contribution in [-0.4, -0.2) is 0 Å². The molecule has 2 aliphatic rings. The summed E-state index contributed by atoms with van der Waals surface area (Å²) in [6, 6.07) is 0. The second-order valence-electron chi connectivity index (χ2n) is 4.23. The van der Waals surface area contributed by atoms with E-state index in [1.54, 1.807) is 0 Å². The quantitative estimate of drug-likeness (QED) is 0.468. The molecule has 1 fully saturated rings. The van der Waals surface area contributed by atoms with Crippen LogP contribution in [0.3, 0.4) is 0 Å². The Kier molecular flexibility index (Phi) is 6.94. The van der Waals surface area contributed by atoms with E-state index in [-0.39, 0.29) is 0 Å². The molecule has 2 aliphatic carbocycles. The first-order valence-electron chi connectivity index (χ1n) is 6.15. The van der Waals surface area contributed by atoms with Crippen LogP contribution in [0, 0.1) is 0 Å². The average molecular weight is 180 g/mol. The van der Waals surface area contributed by atoms with Crippen molar-refractivity contribution in [1.82, 2.24) is 0 Å². The zero-order chi connectivity index (χ0) is 9.19. The van der Waals surface area contributed by atoms with Crippen molar-refractivity contribution in [1.29, 1.82) is 0 Å². The summed E-state index contributed by atoms with van der Waals surface area (Å²) in [4.78, 5) is 0. The van der Waals surface area contributed by atoms with Crippen LogP contribution in [-0.2, 0) is 0 Å². The first-order valence-corrected chi connectivity index (χ1v) is 6.15. The topological polar surface area (TPSA) is 0 Å². The maximum atomic E-state index is 2.30. The summed E-state index contributed by atoms with van der Waals surface area (Å²) < 4.78 is 0. The molecule has 13 heavy (non-hydrogen) atoms. The van der Waals surface area contributed by atoms with E-state index in [0.29, 0.717) is 0 Å². The van der Waals surface area contributed by atoms with Gasteiger partial charge in [-0.25, -0.2) is 0 Å². The van der Waals surface area contributed by atoms with Crippen LogP contribution in [0.25, 0.3) is 0 Å². The van der Waals surface area contributed by atoms with Gasteiger partial charge in [-0.2, -0.15) is 0 Å². The van der Waals surface area contributed by atoms with Gasteiger partial charge in [-0.3, -0.25) is 0 Å². The standard InChI is InChI=1S/C7H12.C6H12/c1-2-4-6-7-5-3-1;1-2-4-6-5-3-1/h1-2H,3-7H2;1-6H2. The average Bonchev–Trinajstić information content (AvgIpc) is 2.53. The van der Waals surface area contributed by atoms with Crippen LogP contribution in [0.1, 0.15) is 70.6 Å². The van der Waals surface area contributed by atoms with Crippen LogP contribution in [0.2, 0.25) is 0 Å². The third kappa shape index (κ3) is 6.86. The molecule has 0 aromatic rings. The van der Waals surface area contributed by atoms with Crippen molar-refractivity contribution in [3.05, 3.63) is 12.2 Å². The first-order chi connectivity index (χ1) is 6.50. The molecule has 2 rings (SSSR count). The molecule has 0 N–H and O–H groups in total. The Hall–Kier alpha value is -0.260. The lowest BCUT2D eigenvalue weighted by Crippen LogP contribution is -1.85. The number of rotatable bonds is 0. The second-order valence-corrected chi connectivity index (χ2v) is 4.23. The van der Waals surface area contributed by atoms with Crippen LogP contribution < -0.4 is 0 Å². The molecule has 0 amide bonds. The van der Waals surface area contributed by atoms with E-state index in [0.717, 1.165) is 0 Å². The molecule has 0 atom stereocenters. The maximum absolute atomic E-state index is 2.30. The highest BCUT2D eigenvalue weighted by atomic mass is 14.0. The Balaban J connectivity index is 0.000000132. The molecule has 0 aromatic heterocycles. The predicted molar refractivity (Wildman–Crippen MR) is 59.9 cm³/mol. The summed E-state index contributed by atoms with van der Waals surface area (Å²) in [6.07, 6.45) is 20.5. The summed E-state index contributed by atoms with van der Waals surface area (Å²) in [7, 11) is 0. The molecule has 0 radical (unpaired) electrons. The third-order valence-corrected chi connectivity index (χ3v) is 2.91. The molecule has 0 unspecified atom stereocenters. The summed E-state index contributed by atoms with van der Waals surface area (Å²) >= 11 is 0. The minimum atomic E-state index is 1.32. The predicted octanol–water partition coefficient (Wildman–Crippen LogP) is 4.85. The lowest BCUT2D eigenvalue weighted by Gasteiger charge is -2.05. The largest absolute Gasteiger partial charge is 0.0885 e. The summed E-state index contributed by atoms with van der Waals surface area (Å²) in [5.74, 6) is 0. The van der Waals surface area contributed by atoms with Crippen molar-refractivity contribution in [2.75, 3.05) is 0 Å². The second kappa shape index (κ2) is 8.34. The zero-order valence-electron chi connectivity index (χ0n) is 8.93. The number of hydrogen-bond donors (Lipinski definition) is 0. The normalized spacial score (nSPS) is 22.8.